The summed E-state index contributed by atoms with van der Waals surface area (Å²) in [4.78, 5) is 7.12. The molecule has 0 unspecified atom stereocenters. The van der Waals surface area contributed by atoms with Gasteiger partial charge in [-0.1, -0.05) is 13.0 Å². The van der Waals surface area contributed by atoms with Crippen molar-refractivity contribution in [1.82, 2.24) is 9.88 Å². The zero-order valence-electron chi connectivity index (χ0n) is 10.2. The zero-order chi connectivity index (χ0) is 11.4. The molecule has 1 aliphatic rings. The first-order valence-electron chi connectivity index (χ1n) is 6.27. The third kappa shape index (κ3) is 2.95. The van der Waals surface area contributed by atoms with E-state index in [1.165, 1.54) is 18.5 Å². The van der Waals surface area contributed by atoms with Gasteiger partial charge >= 0.3 is 0 Å². The van der Waals surface area contributed by atoms with Crippen molar-refractivity contribution >= 4 is 5.82 Å². The fourth-order valence-electron chi connectivity index (χ4n) is 1.99. The summed E-state index contributed by atoms with van der Waals surface area (Å²) in [5, 5.41) is 3.25. The molecule has 0 amide bonds. The van der Waals surface area contributed by atoms with Crippen molar-refractivity contribution in [1.29, 1.82) is 0 Å². The van der Waals surface area contributed by atoms with Crippen LogP contribution in [0.2, 0.25) is 0 Å². The summed E-state index contributed by atoms with van der Waals surface area (Å²) in [6, 6.07) is 7.04. The Labute approximate surface area is 97.9 Å². The van der Waals surface area contributed by atoms with E-state index < -0.39 is 0 Å². The van der Waals surface area contributed by atoms with Crippen molar-refractivity contribution in [2.45, 2.75) is 39.3 Å². The van der Waals surface area contributed by atoms with Gasteiger partial charge < -0.3 is 5.32 Å². The Morgan fingerprint density at radius 3 is 2.81 bits per heavy atom. The zero-order valence-corrected chi connectivity index (χ0v) is 10.2. The van der Waals surface area contributed by atoms with Crippen LogP contribution in [0.15, 0.2) is 18.2 Å². The molecule has 0 spiro atoms. The highest BCUT2D eigenvalue weighted by molar-refractivity contribution is 5.35. The highest BCUT2D eigenvalue weighted by atomic mass is 15.2. The predicted octanol–water partition coefficient (Wildman–Crippen LogP) is 2.50. The fourth-order valence-corrected chi connectivity index (χ4v) is 1.99. The minimum atomic E-state index is 0.814. The number of hydrogen-bond acceptors (Lipinski definition) is 3. The van der Waals surface area contributed by atoms with Gasteiger partial charge in [0.2, 0.25) is 0 Å². The Morgan fingerprint density at radius 1 is 1.38 bits per heavy atom. The molecule has 88 valence electrons. The molecule has 1 fully saturated rings. The number of anilines is 1. The normalized spacial score (nSPS) is 15.4. The first kappa shape index (κ1) is 11.4. The first-order valence-corrected chi connectivity index (χ1v) is 6.27. The number of pyridine rings is 1. The third-order valence-electron chi connectivity index (χ3n) is 3.00. The molecule has 1 heterocycles. The number of aromatic nitrogens is 1. The summed E-state index contributed by atoms with van der Waals surface area (Å²) in [6.07, 6.45) is 2.72. The average Bonchev–Trinajstić information content (AvgIpc) is 3.11. The van der Waals surface area contributed by atoms with Gasteiger partial charge in [0.05, 0.1) is 5.69 Å². The van der Waals surface area contributed by atoms with Crippen LogP contribution >= 0.6 is 0 Å². The van der Waals surface area contributed by atoms with E-state index in [1.807, 2.05) is 6.07 Å². The molecule has 1 saturated carbocycles. The smallest absolute Gasteiger partial charge is 0.126 e. The second-order valence-corrected chi connectivity index (χ2v) is 4.34. The first-order chi connectivity index (χ1) is 7.83. The van der Waals surface area contributed by atoms with Gasteiger partial charge in [0.15, 0.2) is 0 Å². The Hall–Kier alpha value is -1.09. The number of hydrogen-bond donors (Lipinski definition) is 1. The second kappa shape index (κ2) is 5.30. The molecule has 0 bridgehead atoms. The van der Waals surface area contributed by atoms with E-state index in [-0.39, 0.29) is 0 Å². The fraction of sp³-hybridized carbons (Fsp3) is 0.615. The molecule has 0 saturated heterocycles. The van der Waals surface area contributed by atoms with E-state index in [0.717, 1.165) is 31.5 Å². The van der Waals surface area contributed by atoms with Crippen molar-refractivity contribution in [3.63, 3.8) is 0 Å². The number of rotatable bonds is 6. The Kier molecular flexibility index (Phi) is 3.78. The molecule has 0 atom stereocenters. The molecule has 1 aromatic heterocycles. The standard InChI is InChI=1S/C13H21N3/c1-3-14-13-7-5-6-11(15-13)10-16(4-2)12-8-9-12/h5-7,12H,3-4,8-10H2,1-2H3,(H,14,15). The Bertz CT molecular complexity index is 334. The van der Waals surface area contributed by atoms with E-state index in [2.05, 4.69) is 41.2 Å². The SMILES string of the molecule is CCNc1cccc(CN(CC)C2CC2)n1. The summed E-state index contributed by atoms with van der Waals surface area (Å²) in [7, 11) is 0. The van der Waals surface area contributed by atoms with Crippen molar-refractivity contribution in [3.8, 4) is 0 Å². The summed E-state index contributed by atoms with van der Waals surface area (Å²) in [6.45, 7) is 7.36. The summed E-state index contributed by atoms with van der Waals surface area (Å²) in [5.41, 5.74) is 1.17. The van der Waals surface area contributed by atoms with Crippen LogP contribution in [0.4, 0.5) is 5.82 Å². The minimum Gasteiger partial charge on any atom is -0.370 e. The predicted molar refractivity (Wildman–Crippen MR) is 67.5 cm³/mol. The lowest BCUT2D eigenvalue weighted by Gasteiger charge is -2.19. The molecule has 0 aliphatic heterocycles. The molecule has 1 aromatic rings. The van der Waals surface area contributed by atoms with Crippen molar-refractivity contribution in [2.75, 3.05) is 18.4 Å². The molecule has 0 aromatic carbocycles. The summed E-state index contributed by atoms with van der Waals surface area (Å²) >= 11 is 0. The van der Waals surface area contributed by atoms with Gasteiger partial charge in [-0.05, 0) is 38.4 Å². The maximum absolute atomic E-state index is 4.61. The molecule has 3 nitrogen and oxygen atoms in total. The molecule has 2 rings (SSSR count). The second-order valence-electron chi connectivity index (χ2n) is 4.34. The molecular weight excluding hydrogens is 198 g/mol. The van der Waals surface area contributed by atoms with Gasteiger partial charge in [-0.2, -0.15) is 0 Å². The average molecular weight is 219 g/mol. The van der Waals surface area contributed by atoms with Crippen molar-refractivity contribution in [2.24, 2.45) is 0 Å². The minimum absolute atomic E-state index is 0.814. The third-order valence-corrected chi connectivity index (χ3v) is 3.00. The monoisotopic (exact) mass is 219 g/mol. The molecule has 1 N–H and O–H groups in total. The van der Waals surface area contributed by atoms with Crippen LogP contribution in [0.25, 0.3) is 0 Å². The topological polar surface area (TPSA) is 28.2 Å². The molecular formula is C13H21N3. The molecule has 3 heteroatoms. The lowest BCUT2D eigenvalue weighted by molar-refractivity contribution is 0.266. The van der Waals surface area contributed by atoms with E-state index in [0.29, 0.717) is 0 Å². The van der Waals surface area contributed by atoms with Crippen LogP contribution in [0.1, 0.15) is 32.4 Å². The maximum Gasteiger partial charge on any atom is 0.126 e. The molecule has 16 heavy (non-hydrogen) atoms. The van der Waals surface area contributed by atoms with Crippen LogP contribution in [-0.2, 0) is 6.54 Å². The Balaban J connectivity index is 1.99. The maximum atomic E-state index is 4.61. The highest BCUT2D eigenvalue weighted by Crippen LogP contribution is 2.27. The van der Waals surface area contributed by atoms with Crippen LogP contribution < -0.4 is 5.32 Å². The van der Waals surface area contributed by atoms with E-state index in [1.54, 1.807) is 0 Å². The van der Waals surface area contributed by atoms with Gasteiger partial charge in [-0.25, -0.2) is 4.98 Å². The summed E-state index contributed by atoms with van der Waals surface area (Å²) < 4.78 is 0. The lowest BCUT2D eigenvalue weighted by Crippen LogP contribution is -2.25. The van der Waals surface area contributed by atoms with Gasteiger partial charge in [-0.3, -0.25) is 4.90 Å². The van der Waals surface area contributed by atoms with Crippen LogP contribution in [0, 0.1) is 0 Å². The lowest BCUT2D eigenvalue weighted by atomic mass is 10.3. The van der Waals surface area contributed by atoms with Crippen molar-refractivity contribution < 1.29 is 0 Å². The summed E-state index contributed by atoms with van der Waals surface area (Å²) in [5.74, 6) is 0.992. The number of nitrogens with one attached hydrogen (secondary N) is 1. The van der Waals surface area contributed by atoms with Crippen molar-refractivity contribution in [3.05, 3.63) is 23.9 Å². The van der Waals surface area contributed by atoms with E-state index in [4.69, 9.17) is 0 Å². The van der Waals surface area contributed by atoms with Crippen LogP contribution in [0.5, 0.6) is 0 Å². The Morgan fingerprint density at radius 2 is 2.19 bits per heavy atom. The van der Waals surface area contributed by atoms with Crippen LogP contribution in [0.3, 0.4) is 0 Å². The van der Waals surface area contributed by atoms with Gasteiger partial charge in [0.25, 0.3) is 0 Å². The van der Waals surface area contributed by atoms with Crippen LogP contribution in [-0.4, -0.2) is 29.0 Å². The van der Waals surface area contributed by atoms with Gasteiger partial charge in [0.1, 0.15) is 5.82 Å². The van der Waals surface area contributed by atoms with Gasteiger partial charge in [-0.15, -0.1) is 0 Å². The van der Waals surface area contributed by atoms with E-state index in [9.17, 15) is 0 Å². The van der Waals surface area contributed by atoms with E-state index >= 15 is 0 Å². The highest BCUT2D eigenvalue weighted by Gasteiger charge is 2.27. The largest absolute Gasteiger partial charge is 0.370 e. The molecule has 1 aliphatic carbocycles. The van der Waals surface area contributed by atoms with Gasteiger partial charge in [0, 0.05) is 19.1 Å². The number of nitrogens with zero attached hydrogens (tertiary/aromatic N) is 2. The quantitative estimate of drug-likeness (QED) is 0.796. The molecule has 0 radical (unpaired) electrons.